The van der Waals surface area contributed by atoms with Gasteiger partial charge in [-0.3, -0.25) is 14.9 Å². The number of aromatic nitrogens is 5. The van der Waals surface area contributed by atoms with E-state index in [9.17, 15) is 9.18 Å². The van der Waals surface area contributed by atoms with Crippen LogP contribution in [0.1, 0.15) is 17.0 Å². The van der Waals surface area contributed by atoms with Gasteiger partial charge in [0, 0.05) is 63.2 Å². The minimum atomic E-state index is -0.717. The van der Waals surface area contributed by atoms with Crippen molar-refractivity contribution in [2.45, 2.75) is 18.9 Å². The Bertz CT molecular complexity index is 1460. The number of nitrogens with zero attached hydrogens (tertiary/aromatic N) is 6. The molecule has 39 heavy (non-hydrogen) atoms. The van der Waals surface area contributed by atoms with Crippen molar-refractivity contribution in [2.24, 2.45) is 7.05 Å². The van der Waals surface area contributed by atoms with Crippen LogP contribution in [0, 0.1) is 12.9 Å². The summed E-state index contributed by atoms with van der Waals surface area (Å²) in [7, 11) is 3.50. The third-order valence-electron chi connectivity index (χ3n) is 6.90. The van der Waals surface area contributed by atoms with Gasteiger partial charge in [-0.25, -0.2) is 14.5 Å². The van der Waals surface area contributed by atoms with Crippen LogP contribution in [-0.2, 0) is 11.8 Å². The van der Waals surface area contributed by atoms with Crippen LogP contribution in [0.15, 0.2) is 55.0 Å². The molecule has 0 spiro atoms. The average Bonchev–Trinajstić information content (AvgIpc) is 3.62. The molecule has 2 amide bonds. The van der Waals surface area contributed by atoms with E-state index in [1.165, 1.54) is 6.20 Å². The molecule has 2 N–H and O–H groups in total. The van der Waals surface area contributed by atoms with Crippen molar-refractivity contribution in [3.63, 3.8) is 0 Å². The molecule has 10 nitrogen and oxygen atoms in total. The largest absolute Gasteiger partial charge is 0.383 e. The molecule has 0 aliphatic carbocycles. The first-order valence-electron chi connectivity index (χ1n) is 12.6. The lowest BCUT2D eigenvalue weighted by Gasteiger charge is -2.21. The van der Waals surface area contributed by atoms with E-state index in [1.54, 1.807) is 28.7 Å². The Labute approximate surface area is 230 Å². The number of anilines is 1. The van der Waals surface area contributed by atoms with Gasteiger partial charge in [-0.2, -0.15) is 14.6 Å². The van der Waals surface area contributed by atoms with E-state index in [1.807, 2.05) is 50.5 Å². The number of hydrogen-bond donors (Lipinski definition) is 2. The van der Waals surface area contributed by atoms with E-state index in [0.717, 1.165) is 28.1 Å². The molecule has 1 aliphatic heterocycles. The van der Waals surface area contributed by atoms with Crippen LogP contribution in [0.3, 0.4) is 0 Å². The van der Waals surface area contributed by atoms with Gasteiger partial charge in [0.05, 0.1) is 29.6 Å². The molecular formula is C27H30ClFN8O2. The maximum Gasteiger partial charge on any atom is 0.320 e. The monoisotopic (exact) mass is 552 g/mol. The highest BCUT2D eigenvalue weighted by Crippen LogP contribution is 2.32. The highest BCUT2D eigenvalue weighted by atomic mass is 35.5. The Morgan fingerprint density at radius 1 is 1.23 bits per heavy atom. The number of pyridine rings is 1. The van der Waals surface area contributed by atoms with Crippen molar-refractivity contribution in [2.75, 3.05) is 38.7 Å². The van der Waals surface area contributed by atoms with Crippen molar-refractivity contribution in [1.29, 1.82) is 0 Å². The molecule has 0 unspecified atom stereocenters. The summed E-state index contributed by atoms with van der Waals surface area (Å²) < 4.78 is 22.4. The zero-order valence-electron chi connectivity index (χ0n) is 21.9. The molecule has 5 rings (SSSR count). The molecule has 0 saturated carbocycles. The third-order valence-corrected chi connectivity index (χ3v) is 7.17. The highest BCUT2D eigenvalue weighted by molar-refractivity contribution is 6.30. The Kier molecular flexibility index (Phi) is 7.92. The smallest absolute Gasteiger partial charge is 0.320 e. The van der Waals surface area contributed by atoms with Gasteiger partial charge < -0.3 is 10.1 Å². The molecular weight excluding hydrogens is 523 g/mol. The second-order valence-electron chi connectivity index (χ2n) is 9.58. The Morgan fingerprint density at radius 3 is 2.72 bits per heavy atom. The lowest BCUT2D eigenvalue weighted by molar-refractivity contribution is 0.159. The molecule has 1 aliphatic rings. The van der Waals surface area contributed by atoms with E-state index in [2.05, 4.69) is 25.6 Å². The molecule has 1 aromatic carbocycles. The fourth-order valence-electron chi connectivity index (χ4n) is 4.94. The molecule has 12 heteroatoms. The number of amides is 2. The van der Waals surface area contributed by atoms with Crippen LogP contribution in [0.2, 0.25) is 5.02 Å². The molecule has 4 heterocycles. The molecule has 3 aromatic heterocycles. The van der Waals surface area contributed by atoms with Crippen LogP contribution in [-0.4, -0.2) is 74.9 Å². The number of rotatable bonds is 8. The number of hydrogen-bond acceptors (Lipinski definition) is 6. The van der Waals surface area contributed by atoms with Crippen LogP contribution >= 0.6 is 11.6 Å². The Morgan fingerprint density at radius 2 is 2.03 bits per heavy atom. The van der Waals surface area contributed by atoms with Crippen LogP contribution in [0.5, 0.6) is 0 Å². The normalized spacial score (nSPS) is 17.5. The predicted octanol–water partition coefficient (Wildman–Crippen LogP) is 4.00. The van der Waals surface area contributed by atoms with E-state index < -0.39 is 5.95 Å². The number of urea groups is 1. The number of halogens is 2. The SMILES string of the molecule is COCCN1C[C@@H](NC(=O)Nc2c(C)c(-c3cnn(C)c3)nn2-c2ccccc2)[C@H](c2cnc(F)c(Cl)c2)C1. The number of likely N-dealkylation sites (tertiary alicyclic amines) is 1. The summed E-state index contributed by atoms with van der Waals surface area (Å²) >= 11 is 6.03. The van der Waals surface area contributed by atoms with Crippen molar-refractivity contribution < 1.29 is 13.9 Å². The number of carbonyl (C=O) groups is 1. The van der Waals surface area contributed by atoms with Gasteiger partial charge in [0.15, 0.2) is 0 Å². The number of aryl methyl sites for hydroxylation is 1. The fraction of sp³-hybridized carbons (Fsp3) is 0.333. The first-order chi connectivity index (χ1) is 18.8. The molecule has 0 radical (unpaired) electrons. The first kappa shape index (κ1) is 26.8. The van der Waals surface area contributed by atoms with Crippen LogP contribution in [0.25, 0.3) is 16.9 Å². The minimum absolute atomic E-state index is 0.0450. The average molecular weight is 553 g/mol. The number of benzene rings is 1. The second-order valence-corrected chi connectivity index (χ2v) is 9.98. The lowest BCUT2D eigenvalue weighted by Crippen LogP contribution is -2.42. The number of ether oxygens (including phenoxy) is 1. The zero-order valence-corrected chi connectivity index (χ0v) is 22.7. The van der Waals surface area contributed by atoms with E-state index in [-0.39, 0.29) is 23.0 Å². The van der Waals surface area contributed by atoms with Gasteiger partial charge in [-0.15, -0.1) is 0 Å². The first-order valence-corrected chi connectivity index (χ1v) is 13.0. The topological polar surface area (TPSA) is 102 Å². The number of para-hydroxylation sites is 1. The Balaban J connectivity index is 1.42. The number of nitrogens with one attached hydrogen (secondary N) is 2. The van der Waals surface area contributed by atoms with E-state index >= 15 is 0 Å². The molecule has 204 valence electrons. The van der Waals surface area contributed by atoms with Gasteiger partial charge in [0.2, 0.25) is 5.95 Å². The summed E-state index contributed by atoms with van der Waals surface area (Å²) in [6, 6.07) is 10.5. The second kappa shape index (κ2) is 11.5. The summed E-state index contributed by atoms with van der Waals surface area (Å²) in [5, 5.41) is 15.2. The van der Waals surface area contributed by atoms with E-state index in [0.29, 0.717) is 32.1 Å². The third kappa shape index (κ3) is 5.80. The Hall–Kier alpha value is -3.80. The van der Waals surface area contributed by atoms with Gasteiger partial charge in [-0.1, -0.05) is 29.8 Å². The summed E-state index contributed by atoms with van der Waals surface area (Å²) in [6.07, 6.45) is 5.11. The summed E-state index contributed by atoms with van der Waals surface area (Å²) in [5.41, 5.74) is 3.94. The van der Waals surface area contributed by atoms with Crippen LogP contribution < -0.4 is 10.6 Å². The number of methoxy groups -OCH3 is 1. The summed E-state index contributed by atoms with van der Waals surface area (Å²) in [4.78, 5) is 19.4. The number of carbonyl (C=O) groups excluding carboxylic acids is 1. The lowest BCUT2D eigenvalue weighted by atomic mass is 9.96. The summed E-state index contributed by atoms with van der Waals surface area (Å²) in [6.45, 7) is 4.41. The minimum Gasteiger partial charge on any atom is -0.383 e. The van der Waals surface area contributed by atoms with Gasteiger partial charge >= 0.3 is 6.03 Å². The molecule has 1 saturated heterocycles. The zero-order chi connectivity index (χ0) is 27.5. The van der Waals surface area contributed by atoms with Crippen LogP contribution in [0.4, 0.5) is 15.0 Å². The quantitative estimate of drug-likeness (QED) is 0.320. The van der Waals surface area contributed by atoms with Crippen molar-refractivity contribution in [3.05, 3.63) is 77.1 Å². The van der Waals surface area contributed by atoms with Gasteiger partial charge in [0.1, 0.15) is 11.5 Å². The fourth-order valence-corrected chi connectivity index (χ4v) is 5.11. The van der Waals surface area contributed by atoms with Gasteiger partial charge in [-0.05, 0) is 30.7 Å². The van der Waals surface area contributed by atoms with Crippen molar-refractivity contribution >= 4 is 23.4 Å². The predicted molar refractivity (Wildman–Crippen MR) is 147 cm³/mol. The maximum atomic E-state index is 13.8. The van der Waals surface area contributed by atoms with Crippen molar-refractivity contribution in [3.8, 4) is 16.9 Å². The maximum absolute atomic E-state index is 13.8. The van der Waals surface area contributed by atoms with Crippen molar-refractivity contribution in [1.82, 2.24) is 34.8 Å². The molecule has 2 atom stereocenters. The molecule has 4 aromatic rings. The molecule has 0 bridgehead atoms. The van der Waals surface area contributed by atoms with E-state index in [4.69, 9.17) is 21.4 Å². The standard InChI is InChI=1S/C27H30ClFN8O2/c1-17-24(19-13-31-35(2)14-19)34-37(20-7-5-4-6-8-20)26(17)33-27(38)32-23-16-36(9-10-39-3)15-21(23)18-11-22(28)25(29)30-12-18/h4-8,11-14,21,23H,9-10,15-16H2,1-3H3,(H2,32,33,38)/t21-,23+/m0/s1. The summed E-state index contributed by atoms with van der Waals surface area (Å²) in [5.74, 6) is -0.301. The molecule has 1 fully saturated rings. The van der Waals surface area contributed by atoms with Gasteiger partial charge in [0.25, 0.3) is 0 Å². The highest BCUT2D eigenvalue weighted by Gasteiger charge is 2.35.